The molecular formula is C11H9IN2O3. The van der Waals surface area contributed by atoms with Gasteiger partial charge in [0.05, 0.1) is 19.0 Å². The lowest BCUT2D eigenvalue weighted by atomic mass is 10.1. The van der Waals surface area contributed by atoms with Gasteiger partial charge in [0.2, 0.25) is 0 Å². The average molecular weight is 344 g/mol. The standard InChI is InChI=1S/C11H9IN2O3/c1-17-9(15)5-6-4-7-8(14-11(6)16)2-3-13-10(7)12/h2-4H,5H2,1H3,(H,14,16). The van der Waals surface area contributed by atoms with Crippen molar-refractivity contribution in [2.24, 2.45) is 0 Å². The van der Waals surface area contributed by atoms with Gasteiger partial charge in [0.15, 0.2) is 0 Å². The van der Waals surface area contributed by atoms with Crippen molar-refractivity contribution >= 4 is 39.5 Å². The van der Waals surface area contributed by atoms with Gasteiger partial charge in [-0.25, -0.2) is 4.98 Å². The molecule has 0 aliphatic rings. The van der Waals surface area contributed by atoms with E-state index in [0.717, 1.165) is 9.09 Å². The van der Waals surface area contributed by atoms with E-state index in [-0.39, 0.29) is 12.0 Å². The number of carbonyl (C=O) groups is 1. The summed E-state index contributed by atoms with van der Waals surface area (Å²) in [6, 6.07) is 3.40. The number of esters is 1. The van der Waals surface area contributed by atoms with Crippen LogP contribution < -0.4 is 5.56 Å². The minimum atomic E-state index is -0.436. The Morgan fingerprint density at radius 1 is 1.59 bits per heavy atom. The lowest BCUT2D eigenvalue weighted by Crippen LogP contribution is -2.17. The molecule has 0 aliphatic carbocycles. The fourth-order valence-electron chi connectivity index (χ4n) is 1.50. The van der Waals surface area contributed by atoms with Crippen LogP contribution in [0.4, 0.5) is 0 Å². The first-order chi connectivity index (χ1) is 8.11. The first kappa shape index (κ1) is 12.0. The summed E-state index contributed by atoms with van der Waals surface area (Å²) in [5.74, 6) is -0.436. The van der Waals surface area contributed by atoms with E-state index in [1.807, 2.05) is 0 Å². The number of aromatic amines is 1. The Hall–Kier alpha value is -1.44. The molecule has 2 rings (SSSR count). The molecule has 5 nitrogen and oxygen atoms in total. The van der Waals surface area contributed by atoms with E-state index in [1.165, 1.54) is 7.11 Å². The highest BCUT2D eigenvalue weighted by Crippen LogP contribution is 2.16. The number of aromatic nitrogens is 2. The normalized spacial score (nSPS) is 10.5. The van der Waals surface area contributed by atoms with E-state index >= 15 is 0 Å². The molecular weight excluding hydrogens is 335 g/mol. The van der Waals surface area contributed by atoms with Gasteiger partial charge in [0.25, 0.3) is 5.56 Å². The topological polar surface area (TPSA) is 72.0 Å². The summed E-state index contributed by atoms with van der Waals surface area (Å²) in [6.07, 6.45) is 1.59. The molecule has 0 fully saturated rings. The molecule has 2 heterocycles. The number of hydrogen-bond acceptors (Lipinski definition) is 4. The number of nitrogens with one attached hydrogen (secondary N) is 1. The molecule has 0 bridgehead atoms. The number of nitrogens with zero attached hydrogens (tertiary/aromatic N) is 1. The highest BCUT2D eigenvalue weighted by molar-refractivity contribution is 14.1. The molecule has 88 valence electrons. The molecule has 2 aromatic rings. The van der Waals surface area contributed by atoms with E-state index in [9.17, 15) is 9.59 Å². The van der Waals surface area contributed by atoms with Crippen LogP contribution in [0.25, 0.3) is 10.9 Å². The number of H-pyrrole nitrogens is 1. The minimum Gasteiger partial charge on any atom is -0.469 e. The van der Waals surface area contributed by atoms with Crippen LogP contribution in [-0.2, 0) is 16.0 Å². The van der Waals surface area contributed by atoms with E-state index in [0.29, 0.717) is 11.1 Å². The Balaban J connectivity index is 2.58. The fraction of sp³-hybridized carbons (Fsp3) is 0.182. The first-order valence-electron chi connectivity index (χ1n) is 4.85. The van der Waals surface area contributed by atoms with E-state index in [2.05, 4.69) is 37.3 Å². The van der Waals surface area contributed by atoms with Crippen LogP contribution >= 0.6 is 22.6 Å². The number of rotatable bonds is 2. The van der Waals surface area contributed by atoms with Gasteiger partial charge in [-0.05, 0) is 34.7 Å². The van der Waals surface area contributed by atoms with Crippen LogP contribution in [0.3, 0.4) is 0 Å². The monoisotopic (exact) mass is 344 g/mol. The molecule has 0 aliphatic heterocycles. The minimum absolute atomic E-state index is 0.0350. The van der Waals surface area contributed by atoms with Crippen molar-refractivity contribution in [2.75, 3.05) is 7.11 Å². The maximum absolute atomic E-state index is 11.7. The second-order valence-corrected chi connectivity index (χ2v) is 4.46. The quantitative estimate of drug-likeness (QED) is 0.506. The molecule has 0 saturated heterocycles. The Kier molecular flexibility index (Phi) is 3.41. The maximum atomic E-state index is 11.7. The van der Waals surface area contributed by atoms with Crippen molar-refractivity contribution in [1.82, 2.24) is 9.97 Å². The van der Waals surface area contributed by atoms with E-state index in [4.69, 9.17) is 0 Å². The first-order valence-corrected chi connectivity index (χ1v) is 5.93. The van der Waals surface area contributed by atoms with Gasteiger partial charge in [0.1, 0.15) is 3.70 Å². The van der Waals surface area contributed by atoms with Gasteiger partial charge < -0.3 is 9.72 Å². The largest absolute Gasteiger partial charge is 0.469 e. The molecule has 0 atom stereocenters. The lowest BCUT2D eigenvalue weighted by Gasteiger charge is -2.03. The third-order valence-electron chi connectivity index (χ3n) is 2.36. The van der Waals surface area contributed by atoms with Gasteiger partial charge in [0, 0.05) is 17.1 Å². The second kappa shape index (κ2) is 4.82. The molecule has 17 heavy (non-hydrogen) atoms. The van der Waals surface area contributed by atoms with Crippen LogP contribution in [0.1, 0.15) is 5.56 Å². The number of pyridine rings is 2. The number of hydrogen-bond donors (Lipinski definition) is 1. The maximum Gasteiger partial charge on any atom is 0.310 e. The summed E-state index contributed by atoms with van der Waals surface area (Å²) in [5, 5.41) is 0.826. The molecule has 0 saturated carbocycles. The fourth-order valence-corrected chi connectivity index (χ4v) is 2.10. The molecule has 1 N–H and O–H groups in total. The summed E-state index contributed by atoms with van der Waals surface area (Å²) in [6.45, 7) is 0. The van der Waals surface area contributed by atoms with E-state index < -0.39 is 5.97 Å². The van der Waals surface area contributed by atoms with Gasteiger partial charge in [-0.15, -0.1) is 0 Å². The van der Waals surface area contributed by atoms with Crippen LogP contribution in [0.2, 0.25) is 0 Å². The zero-order chi connectivity index (χ0) is 12.4. The lowest BCUT2D eigenvalue weighted by molar-refractivity contribution is -0.139. The Morgan fingerprint density at radius 2 is 2.35 bits per heavy atom. The van der Waals surface area contributed by atoms with Crippen LogP contribution in [0, 0.1) is 3.70 Å². The SMILES string of the molecule is COC(=O)Cc1cc2c(I)nccc2[nH]c1=O. The zero-order valence-electron chi connectivity index (χ0n) is 8.99. The van der Waals surface area contributed by atoms with E-state index in [1.54, 1.807) is 18.3 Å². The van der Waals surface area contributed by atoms with Crippen LogP contribution in [-0.4, -0.2) is 23.0 Å². The van der Waals surface area contributed by atoms with Gasteiger partial charge >= 0.3 is 5.97 Å². The molecule has 0 radical (unpaired) electrons. The van der Waals surface area contributed by atoms with Crippen molar-refractivity contribution in [3.63, 3.8) is 0 Å². The molecule has 0 amide bonds. The second-order valence-electron chi connectivity index (χ2n) is 3.44. The third kappa shape index (κ3) is 2.46. The highest BCUT2D eigenvalue weighted by Gasteiger charge is 2.10. The predicted molar refractivity (Wildman–Crippen MR) is 70.8 cm³/mol. The molecule has 6 heteroatoms. The Bertz CT molecular complexity index is 636. The molecule has 0 spiro atoms. The van der Waals surface area contributed by atoms with Crippen molar-refractivity contribution < 1.29 is 9.53 Å². The summed E-state index contributed by atoms with van der Waals surface area (Å²) in [4.78, 5) is 29.7. The Morgan fingerprint density at radius 3 is 3.06 bits per heavy atom. The van der Waals surface area contributed by atoms with Crippen molar-refractivity contribution in [2.45, 2.75) is 6.42 Å². The van der Waals surface area contributed by atoms with Gasteiger partial charge in [-0.2, -0.15) is 0 Å². The molecule has 0 aromatic carbocycles. The number of halogens is 1. The summed E-state index contributed by atoms with van der Waals surface area (Å²) in [7, 11) is 1.29. The number of methoxy groups -OCH3 is 1. The van der Waals surface area contributed by atoms with Crippen molar-refractivity contribution in [1.29, 1.82) is 0 Å². The predicted octanol–water partition coefficient (Wildman–Crippen LogP) is 1.24. The average Bonchev–Trinajstić information content (AvgIpc) is 2.31. The highest BCUT2D eigenvalue weighted by atomic mass is 127. The number of ether oxygens (including phenoxy) is 1. The smallest absolute Gasteiger partial charge is 0.310 e. The molecule has 0 unspecified atom stereocenters. The third-order valence-corrected chi connectivity index (χ3v) is 3.22. The summed E-state index contributed by atoms with van der Waals surface area (Å²) >= 11 is 2.08. The van der Waals surface area contributed by atoms with Crippen molar-refractivity contribution in [3.05, 3.63) is 37.9 Å². The number of fused-ring (bicyclic) bond motifs is 1. The van der Waals surface area contributed by atoms with Crippen molar-refractivity contribution in [3.8, 4) is 0 Å². The van der Waals surface area contributed by atoms with Gasteiger partial charge in [-0.1, -0.05) is 0 Å². The molecule has 2 aromatic heterocycles. The Labute approximate surface area is 110 Å². The van der Waals surface area contributed by atoms with Crippen LogP contribution in [0.5, 0.6) is 0 Å². The number of carbonyl (C=O) groups excluding carboxylic acids is 1. The summed E-state index contributed by atoms with van der Waals surface area (Å²) < 4.78 is 5.32. The van der Waals surface area contributed by atoms with Gasteiger partial charge in [-0.3, -0.25) is 9.59 Å². The van der Waals surface area contributed by atoms with Crippen LogP contribution in [0.15, 0.2) is 23.1 Å². The summed E-state index contributed by atoms with van der Waals surface area (Å²) in [5.41, 5.74) is 0.822. The zero-order valence-corrected chi connectivity index (χ0v) is 11.1.